The van der Waals surface area contributed by atoms with Crippen LogP contribution in [0.4, 0.5) is 5.82 Å². The van der Waals surface area contributed by atoms with Gasteiger partial charge in [0.15, 0.2) is 17.0 Å². The molecule has 7 nitrogen and oxygen atoms in total. The third kappa shape index (κ3) is 2.30. The highest BCUT2D eigenvalue weighted by Crippen LogP contribution is 2.58. The van der Waals surface area contributed by atoms with Crippen LogP contribution in [-0.4, -0.2) is 48.0 Å². The molecule has 4 aliphatic rings. The van der Waals surface area contributed by atoms with Crippen LogP contribution in [-0.2, 0) is 0 Å². The van der Waals surface area contributed by atoms with Crippen molar-refractivity contribution in [3.8, 4) is 0 Å². The van der Waals surface area contributed by atoms with Crippen molar-refractivity contribution in [2.24, 2.45) is 23.7 Å². The number of hydrogen-bond donors (Lipinski definition) is 3. The van der Waals surface area contributed by atoms with Crippen molar-refractivity contribution in [3.63, 3.8) is 0 Å². The molecule has 0 aliphatic heterocycles. The molecule has 0 bridgehead atoms. The fraction of sp³-hybridized carbons (Fsp3) is 0.722. The van der Waals surface area contributed by atoms with Crippen LogP contribution in [0.3, 0.4) is 0 Å². The van der Waals surface area contributed by atoms with E-state index in [4.69, 9.17) is 11.6 Å². The molecular formula is C18H22ClN5O2. The lowest BCUT2D eigenvalue weighted by atomic mass is 10.1. The summed E-state index contributed by atoms with van der Waals surface area (Å²) in [6.45, 7) is 0. The second kappa shape index (κ2) is 5.30. The zero-order valence-corrected chi connectivity index (χ0v) is 15.0. The van der Waals surface area contributed by atoms with E-state index in [0.717, 1.165) is 18.3 Å². The topological polar surface area (TPSA) is 96.1 Å². The van der Waals surface area contributed by atoms with Gasteiger partial charge in [-0.1, -0.05) is 0 Å². The van der Waals surface area contributed by atoms with Crippen LogP contribution in [0.5, 0.6) is 0 Å². The molecule has 138 valence electrons. The number of anilines is 1. The number of halogens is 1. The third-order valence-corrected chi connectivity index (χ3v) is 6.92. The summed E-state index contributed by atoms with van der Waals surface area (Å²) in [4.78, 5) is 13.4. The van der Waals surface area contributed by atoms with Gasteiger partial charge in [-0.05, 0) is 67.4 Å². The van der Waals surface area contributed by atoms with Crippen LogP contribution in [0.1, 0.15) is 38.1 Å². The van der Waals surface area contributed by atoms with Gasteiger partial charge in [0.25, 0.3) is 0 Å². The van der Waals surface area contributed by atoms with Crippen molar-refractivity contribution < 1.29 is 10.2 Å². The smallest absolute Gasteiger partial charge is 0.226 e. The van der Waals surface area contributed by atoms with Gasteiger partial charge >= 0.3 is 0 Å². The SMILES string of the molecule is OC1[C@@H](O)C2C[C@@H]2[C@H]1n1cnc2c(NC(C3CC3)C3CC3)nc(Cl)nc21. The molecule has 5 atom stereocenters. The second-order valence-corrected chi connectivity index (χ2v) is 8.88. The molecule has 0 amide bonds. The first-order valence-electron chi connectivity index (χ1n) is 9.64. The molecule has 0 aromatic carbocycles. The Morgan fingerprint density at radius 1 is 1.08 bits per heavy atom. The van der Waals surface area contributed by atoms with E-state index in [1.165, 1.54) is 25.7 Å². The highest BCUT2D eigenvalue weighted by molar-refractivity contribution is 6.28. The van der Waals surface area contributed by atoms with E-state index in [1.54, 1.807) is 6.33 Å². The van der Waals surface area contributed by atoms with Gasteiger partial charge in [-0.25, -0.2) is 4.98 Å². The molecule has 26 heavy (non-hydrogen) atoms. The van der Waals surface area contributed by atoms with Crippen molar-refractivity contribution in [1.82, 2.24) is 19.5 Å². The zero-order chi connectivity index (χ0) is 17.6. The lowest BCUT2D eigenvalue weighted by molar-refractivity contribution is 0.00386. The quantitative estimate of drug-likeness (QED) is 0.692. The van der Waals surface area contributed by atoms with Gasteiger partial charge in [0.1, 0.15) is 6.10 Å². The maximum absolute atomic E-state index is 10.4. The summed E-state index contributed by atoms with van der Waals surface area (Å²) in [5.74, 6) is 2.63. The molecule has 0 spiro atoms. The lowest BCUT2D eigenvalue weighted by Crippen LogP contribution is -2.31. The van der Waals surface area contributed by atoms with Crippen LogP contribution in [0.2, 0.25) is 5.28 Å². The number of rotatable bonds is 5. The second-order valence-electron chi connectivity index (χ2n) is 8.55. The summed E-state index contributed by atoms with van der Waals surface area (Å²) in [5.41, 5.74) is 1.34. The molecular weight excluding hydrogens is 354 g/mol. The Bertz CT molecular complexity index is 868. The predicted octanol–water partition coefficient (Wildman–Crippen LogP) is 1.99. The number of hydrogen-bond acceptors (Lipinski definition) is 6. The van der Waals surface area contributed by atoms with Gasteiger partial charge < -0.3 is 20.1 Å². The molecule has 4 saturated carbocycles. The maximum atomic E-state index is 10.4. The largest absolute Gasteiger partial charge is 0.390 e. The molecule has 2 aromatic rings. The molecule has 2 heterocycles. The standard InChI is InChI=1S/C18H22ClN5O2/c19-18-22-16(21-11(7-1-2-7)8-3-4-8)12-17(23-18)24(6-20-12)13-9-5-10(9)14(25)15(13)26/h6-11,13-15,25-26H,1-5H2,(H,21,22,23)/t9-,10?,13+,14-,15?/m0/s1. The number of fused-ring (bicyclic) bond motifs is 2. The van der Waals surface area contributed by atoms with Crippen LogP contribution in [0, 0.1) is 23.7 Å². The third-order valence-electron chi connectivity index (χ3n) is 6.75. The van der Waals surface area contributed by atoms with Crippen LogP contribution in [0.15, 0.2) is 6.33 Å². The van der Waals surface area contributed by atoms with Gasteiger partial charge in [0.2, 0.25) is 5.28 Å². The van der Waals surface area contributed by atoms with Gasteiger partial charge in [-0.15, -0.1) is 0 Å². The van der Waals surface area contributed by atoms with Gasteiger partial charge in [-0.3, -0.25) is 0 Å². The molecule has 6 rings (SSSR count). The normalized spacial score (nSPS) is 35.9. The number of nitrogens with zero attached hydrogens (tertiary/aromatic N) is 4. The highest BCUT2D eigenvalue weighted by Gasteiger charge is 2.60. The van der Waals surface area contributed by atoms with E-state index >= 15 is 0 Å². The molecule has 4 fully saturated rings. The van der Waals surface area contributed by atoms with Crippen molar-refractivity contribution in [2.75, 3.05) is 5.32 Å². The van der Waals surface area contributed by atoms with E-state index in [1.807, 2.05) is 4.57 Å². The Morgan fingerprint density at radius 3 is 2.42 bits per heavy atom. The van der Waals surface area contributed by atoms with Gasteiger partial charge in [0, 0.05) is 6.04 Å². The first kappa shape index (κ1) is 15.6. The average molecular weight is 376 g/mol. The van der Waals surface area contributed by atoms with Crippen molar-refractivity contribution in [2.45, 2.75) is 56.4 Å². The summed E-state index contributed by atoms with van der Waals surface area (Å²) in [6, 6.07) is 0.252. The van der Waals surface area contributed by atoms with Crippen molar-refractivity contribution in [1.29, 1.82) is 0 Å². The Kier molecular flexibility index (Phi) is 3.18. The molecule has 8 heteroatoms. The van der Waals surface area contributed by atoms with Gasteiger partial charge in [-0.2, -0.15) is 9.97 Å². The molecule has 4 aliphatic carbocycles. The van der Waals surface area contributed by atoms with E-state index in [2.05, 4.69) is 20.3 Å². The Balaban J connectivity index is 1.39. The van der Waals surface area contributed by atoms with Gasteiger partial charge in [0.05, 0.1) is 18.5 Å². The summed E-state index contributed by atoms with van der Waals surface area (Å²) >= 11 is 6.23. The molecule has 3 N–H and O–H groups in total. The molecule has 2 unspecified atom stereocenters. The van der Waals surface area contributed by atoms with Crippen LogP contribution >= 0.6 is 11.6 Å². The fourth-order valence-electron chi connectivity index (χ4n) is 5.00. The molecule has 0 radical (unpaired) electrons. The van der Waals surface area contributed by atoms with Crippen molar-refractivity contribution >= 4 is 28.6 Å². The Morgan fingerprint density at radius 2 is 1.81 bits per heavy atom. The van der Waals surface area contributed by atoms with Crippen LogP contribution < -0.4 is 5.32 Å². The zero-order valence-electron chi connectivity index (χ0n) is 14.3. The minimum absolute atomic E-state index is 0.187. The Labute approximate surface area is 155 Å². The van der Waals surface area contributed by atoms with E-state index in [0.29, 0.717) is 23.0 Å². The van der Waals surface area contributed by atoms with E-state index < -0.39 is 12.2 Å². The number of imidazole rings is 1. The number of aliphatic hydroxyl groups excluding tert-OH is 2. The average Bonchev–Trinajstić information content (AvgIpc) is 3.50. The Hall–Kier alpha value is -1.44. The van der Waals surface area contributed by atoms with Crippen LogP contribution in [0.25, 0.3) is 11.2 Å². The number of aromatic nitrogens is 4. The minimum atomic E-state index is -0.785. The first-order valence-corrected chi connectivity index (χ1v) is 10.0. The van der Waals surface area contributed by atoms with E-state index in [9.17, 15) is 10.2 Å². The maximum Gasteiger partial charge on any atom is 0.226 e. The summed E-state index contributed by atoms with van der Waals surface area (Å²) in [7, 11) is 0. The minimum Gasteiger partial charge on any atom is -0.390 e. The van der Waals surface area contributed by atoms with E-state index in [-0.39, 0.29) is 23.2 Å². The molecule has 0 saturated heterocycles. The summed E-state index contributed by atoms with van der Waals surface area (Å²) in [5, 5.41) is 24.4. The highest BCUT2D eigenvalue weighted by atomic mass is 35.5. The first-order chi connectivity index (χ1) is 12.6. The predicted molar refractivity (Wildman–Crippen MR) is 95.8 cm³/mol. The monoisotopic (exact) mass is 375 g/mol. The van der Waals surface area contributed by atoms with Crippen molar-refractivity contribution in [3.05, 3.63) is 11.6 Å². The fourth-order valence-corrected chi connectivity index (χ4v) is 5.16. The number of nitrogens with one attached hydrogen (secondary N) is 1. The summed E-state index contributed by atoms with van der Waals surface area (Å²) in [6.07, 6.45) is 6.32. The number of aliphatic hydroxyl groups is 2. The molecule has 2 aromatic heterocycles. The summed E-state index contributed by atoms with van der Waals surface area (Å²) < 4.78 is 1.89. The lowest BCUT2D eigenvalue weighted by Gasteiger charge is -2.22.